The van der Waals surface area contributed by atoms with E-state index >= 15 is 0 Å². The zero-order valence-electron chi connectivity index (χ0n) is 15.6. The number of rotatable bonds is 6. The monoisotopic (exact) mass is 374 g/mol. The highest BCUT2D eigenvalue weighted by atomic mass is 32.2. The lowest BCUT2D eigenvalue weighted by atomic mass is 9.86. The summed E-state index contributed by atoms with van der Waals surface area (Å²) in [7, 11) is 3.56. The standard InChI is InChI=1S/C19H26N4O2S/c1-13-6-4-5-7-16(13)20-17(24)12-26-19-22-21-18(23(19)2)14-8-10-15(25-3)11-9-14/h8-11,13,16H,4-7,12H2,1-3H3,(H,20,24)/t13-,16+/m1/s1. The molecule has 1 aromatic carbocycles. The molecule has 1 heterocycles. The molecule has 0 unspecified atom stereocenters. The summed E-state index contributed by atoms with van der Waals surface area (Å²) in [5.74, 6) is 2.57. The summed E-state index contributed by atoms with van der Waals surface area (Å²) in [6.07, 6.45) is 4.77. The fraction of sp³-hybridized carbons (Fsp3) is 0.526. The number of methoxy groups -OCH3 is 1. The average Bonchev–Trinajstić information content (AvgIpc) is 3.02. The molecule has 1 fully saturated rings. The SMILES string of the molecule is COc1ccc(-c2nnc(SCC(=O)N[C@H]3CCCC[C@H]3C)n2C)cc1. The molecule has 0 spiro atoms. The van der Waals surface area contributed by atoms with Gasteiger partial charge >= 0.3 is 0 Å². The Labute approximate surface area is 158 Å². The molecule has 1 aromatic heterocycles. The number of thioether (sulfide) groups is 1. The highest BCUT2D eigenvalue weighted by Crippen LogP contribution is 2.26. The van der Waals surface area contributed by atoms with Crippen LogP contribution in [-0.4, -0.2) is 39.6 Å². The largest absolute Gasteiger partial charge is 0.497 e. The van der Waals surface area contributed by atoms with Gasteiger partial charge in [0.05, 0.1) is 12.9 Å². The van der Waals surface area contributed by atoms with Crippen LogP contribution in [0.2, 0.25) is 0 Å². The van der Waals surface area contributed by atoms with Gasteiger partial charge in [-0.25, -0.2) is 0 Å². The summed E-state index contributed by atoms with van der Waals surface area (Å²) in [5, 5.41) is 12.4. The fourth-order valence-corrected chi connectivity index (χ4v) is 4.06. The molecule has 2 aromatic rings. The van der Waals surface area contributed by atoms with Crippen molar-refractivity contribution in [3.8, 4) is 17.1 Å². The van der Waals surface area contributed by atoms with Crippen LogP contribution in [0.4, 0.5) is 0 Å². The average molecular weight is 375 g/mol. The number of aromatic nitrogens is 3. The number of hydrogen-bond donors (Lipinski definition) is 1. The zero-order valence-corrected chi connectivity index (χ0v) is 16.4. The van der Waals surface area contributed by atoms with E-state index in [2.05, 4.69) is 22.4 Å². The van der Waals surface area contributed by atoms with Crippen molar-refractivity contribution in [3.63, 3.8) is 0 Å². The summed E-state index contributed by atoms with van der Waals surface area (Å²) in [4.78, 5) is 12.3. The molecule has 0 aliphatic heterocycles. The minimum absolute atomic E-state index is 0.0720. The molecule has 1 aliphatic rings. The van der Waals surface area contributed by atoms with Gasteiger partial charge in [0.25, 0.3) is 0 Å². The Kier molecular flexibility index (Phi) is 6.19. The fourth-order valence-electron chi connectivity index (χ4n) is 3.34. The molecular weight excluding hydrogens is 348 g/mol. The molecule has 3 rings (SSSR count). The lowest BCUT2D eigenvalue weighted by Crippen LogP contribution is -2.41. The van der Waals surface area contributed by atoms with E-state index in [1.165, 1.54) is 31.0 Å². The second-order valence-corrected chi connectivity index (χ2v) is 7.76. The Morgan fingerprint density at radius 3 is 2.69 bits per heavy atom. The second-order valence-electron chi connectivity index (χ2n) is 6.82. The van der Waals surface area contributed by atoms with Crippen LogP contribution in [0.3, 0.4) is 0 Å². The number of carbonyl (C=O) groups is 1. The number of carbonyl (C=O) groups excluding carboxylic acids is 1. The van der Waals surface area contributed by atoms with E-state index in [1.807, 2.05) is 35.9 Å². The highest BCUT2D eigenvalue weighted by Gasteiger charge is 2.23. The third-order valence-electron chi connectivity index (χ3n) is 4.97. The minimum Gasteiger partial charge on any atom is -0.497 e. The van der Waals surface area contributed by atoms with E-state index in [-0.39, 0.29) is 5.91 Å². The van der Waals surface area contributed by atoms with Gasteiger partial charge in [0.1, 0.15) is 5.75 Å². The van der Waals surface area contributed by atoms with E-state index in [1.54, 1.807) is 7.11 Å². The molecule has 1 N–H and O–H groups in total. The molecule has 26 heavy (non-hydrogen) atoms. The molecule has 1 amide bonds. The first-order valence-corrected chi connectivity index (χ1v) is 10.0. The molecule has 6 nitrogen and oxygen atoms in total. The zero-order chi connectivity index (χ0) is 18.5. The van der Waals surface area contributed by atoms with Crippen molar-refractivity contribution in [2.24, 2.45) is 13.0 Å². The molecule has 1 saturated carbocycles. The van der Waals surface area contributed by atoms with Gasteiger partial charge in [0, 0.05) is 18.7 Å². The smallest absolute Gasteiger partial charge is 0.230 e. The van der Waals surface area contributed by atoms with Gasteiger partial charge in [-0.15, -0.1) is 10.2 Å². The number of hydrogen-bond acceptors (Lipinski definition) is 5. The molecular formula is C19H26N4O2S. The lowest BCUT2D eigenvalue weighted by molar-refractivity contribution is -0.119. The summed E-state index contributed by atoms with van der Waals surface area (Å²) >= 11 is 1.42. The van der Waals surface area contributed by atoms with Crippen LogP contribution in [0, 0.1) is 5.92 Å². The van der Waals surface area contributed by atoms with Crippen LogP contribution in [0.1, 0.15) is 32.6 Å². The van der Waals surface area contributed by atoms with Crippen molar-refractivity contribution in [1.29, 1.82) is 0 Å². The number of nitrogens with zero attached hydrogens (tertiary/aromatic N) is 3. The summed E-state index contributed by atoms with van der Waals surface area (Å²) in [6, 6.07) is 8.01. The third-order valence-corrected chi connectivity index (χ3v) is 5.99. The van der Waals surface area contributed by atoms with E-state index < -0.39 is 0 Å². The van der Waals surface area contributed by atoms with Crippen molar-refractivity contribution in [2.45, 2.75) is 43.8 Å². The van der Waals surface area contributed by atoms with E-state index in [0.717, 1.165) is 28.7 Å². The van der Waals surface area contributed by atoms with Crippen LogP contribution in [0.5, 0.6) is 5.75 Å². The van der Waals surface area contributed by atoms with E-state index in [9.17, 15) is 4.79 Å². The maximum Gasteiger partial charge on any atom is 0.230 e. The summed E-state index contributed by atoms with van der Waals surface area (Å²) < 4.78 is 7.10. The van der Waals surface area contributed by atoms with Gasteiger partial charge in [0.2, 0.25) is 5.91 Å². The lowest BCUT2D eigenvalue weighted by Gasteiger charge is -2.29. The van der Waals surface area contributed by atoms with Gasteiger partial charge in [0.15, 0.2) is 11.0 Å². The van der Waals surface area contributed by atoms with Gasteiger partial charge < -0.3 is 14.6 Å². The number of nitrogens with one attached hydrogen (secondary N) is 1. The van der Waals surface area contributed by atoms with Crippen LogP contribution in [0.15, 0.2) is 29.4 Å². The van der Waals surface area contributed by atoms with Gasteiger partial charge in [-0.05, 0) is 43.0 Å². The first-order chi connectivity index (χ1) is 12.6. The van der Waals surface area contributed by atoms with Crippen molar-refractivity contribution in [3.05, 3.63) is 24.3 Å². The molecule has 0 saturated heterocycles. The van der Waals surface area contributed by atoms with E-state index in [0.29, 0.717) is 17.7 Å². The Bertz CT molecular complexity index is 744. The van der Waals surface area contributed by atoms with Crippen molar-refractivity contribution in [2.75, 3.05) is 12.9 Å². The number of ether oxygens (including phenoxy) is 1. The van der Waals surface area contributed by atoms with Crippen LogP contribution in [-0.2, 0) is 11.8 Å². The predicted octanol–water partition coefficient (Wildman–Crippen LogP) is 3.28. The van der Waals surface area contributed by atoms with Crippen molar-refractivity contribution < 1.29 is 9.53 Å². The Balaban J connectivity index is 1.58. The Hall–Kier alpha value is -2.02. The molecule has 1 aliphatic carbocycles. The first-order valence-electron chi connectivity index (χ1n) is 9.04. The molecule has 140 valence electrons. The Morgan fingerprint density at radius 2 is 2.00 bits per heavy atom. The molecule has 2 atom stereocenters. The quantitative estimate of drug-likeness (QED) is 0.786. The first kappa shape index (κ1) is 18.8. The predicted molar refractivity (Wildman–Crippen MR) is 103 cm³/mol. The van der Waals surface area contributed by atoms with Gasteiger partial charge in [-0.3, -0.25) is 4.79 Å². The minimum atomic E-state index is 0.0720. The topological polar surface area (TPSA) is 69.0 Å². The third kappa shape index (κ3) is 4.38. The van der Waals surface area contributed by atoms with Crippen LogP contribution >= 0.6 is 11.8 Å². The van der Waals surface area contributed by atoms with Crippen molar-refractivity contribution >= 4 is 17.7 Å². The maximum absolute atomic E-state index is 12.3. The van der Waals surface area contributed by atoms with Crippen LogP contribution < -0.4 is 10.1 Å². The Morgan fingerprint density at radius 1 is 1.27 bits per heavy atom. The summed E-state index contributed by atoms with van der Waals surface area (Å²) in [5.41, 5.74) is 0.966. The summed E-state index contributed by atoms with van der Waals surface area (Å²) in [6.45, 7) is 2.22. The van der Waals surface area contributed by atoms with Crippen molar-refractivity contribution in [1.82, 2.24) is 20.1 Å². The molecule has 7 heteroatoms. The van der Waals surface area contributed by atoms with Gasteiger partial charge in [-0.1, -0.05) is 31.5 Å². The highest BCUT2D eigenvalue weighted by molar-refractivity contribution is 7.99. The number of benzene rings is 1. The van der Waals surface area contributed by atoms with E-state index in [4.69, 9.17) is 4.74 Å². The second kappa shape index (κ2) is 8.58. The molecule has 0 bridgehead atoms. The normalized spacial score (nSPS) is 20.0. The van der Waals surface area contributed by atoms with Crippen LogP contribution in [0.25, 0.3) is 11.4 Å². The maximum atomic E-state index is 12.3. The molecule has 0 radical (unpaired) electrons. The number of amides is 1. The van der Waals surface area contributed by atoms with Gasteiger partial charge in [-0.2, -0.15) is 0 Å².